The number of imidazole rings is 1. The second kappa shape index (κ2) is 7.09. The molecule has 3 aromatic rings. The molecule has 0 spiro atoms. The van der Waals surface area contributed by atoms with Crippen LogP contribution in [-0.4, -0.2) is 22.0 Å². The molecule has 2 heterocycles. The molecule has 0 saturated heterocycles. The first-order valence-electron chi connectivity index (χ1n) is 7.94. The van der Waals surface area contributed by atoms with E-state index in [0.29, 0.717) is 6.54 Å². The van der Waals surface area contributed by atoms with Crippen LogP contribution in [0.1, 0.15) is 23.1 Å². The fraction of sp³-hybridized carbons (Fsp3) is 0.333. The molecule has 0 unspecified atom stereocenters. The second-order valence-electron chi connectivity index (χ2n) is 5.95. The Balaban J connectivity index is 1.60. The maximum Gasteiger partial charge on any atom is 0.224 e. The number of hydrogen-bond donors (Lipinski definition) is 1. The highest BCUT2D eigenvalue weighted by atomic mass is 35.5. The van der Waals surface area contributed by atoms with Crippen LogP contribution in [0.2, 0.25) is 5.02 Å². The molecule has 3 rings (SSSR count). The van der Waals surface area contributed by atoms with Crippen LogP contribution in [0.15, 0.2) is 35.5 Å². The quantitative estimate of drug-likeness (QED) is 0.694. The van der Waals surface area contributed by atoms with Crippen LogP contribution in [-0.2, 0) is 17.8 Å². The van der Waals surface area contributed by atoms with Gasteiger partial charge >= 0.3 is 0 Å². The van der Waals surface area contributed by atoms with Crippen molar-refractivity contribution in [3.63, 3.8) is 0 Å². The lowest BCUT2D eigenvalue weighted by Gasteiger charge is -2.07. The minimum absolute atomic E-state index is 0.0144. The number of nitrogens with one attached hydrogen (secondary N) is 1. The van der Waals surface area contributed by atoms with Gasteiger partial charge in [0.2, 0.25) is 5.91 Å². The number of benzene rings is 1. The van der Waals surface area contributed by atoms with Crippen LogP contribution in [0.3, 0.4) is 0 Å². The summed E-state index contributed by atoms with van der Waals surface area (Å²) < 4.78 is 7.58. The average molecular weight is 346 g/mol. The summed E-state index contributed by atoms with van der Waals surface area (Å²) in [5.74, 6) is -0.0144. The van der Waals surface area contributed by atoms with Crippen LogP contribution in [0.5, 0.6) is 0 Å². The molecule has 126 valence electrons. The zero-order valence-electron chi connectivity index (χ0n) is 13.8. The van der Waals surface area contributed by atoms with Gasteiger partial charge in [-0.15, -0.1) is 0 Å². The van der Waals surface area contributed by atoms with Gasteiger partial charge in [0.15, 0.2) is 0 Å². The molecule has 0 aliphatic heterocycles. The summed E-state index contributed by atoms with van der Waals surface area (Å²) in [6.45, 7) is 5.37. The van der Waals surface area contributed by atoms with Crippen LogP contribution in [0.4, 0.5) is 0 Å². The van der Waals surface area contributed by atoms with Crippen LogP contribution < -0.4 is 5.32 Å². The highest BCUT2D eigenvalue weighted by Crippen LogP contribution is 2.32. The second-order valence-corrected chi connectivity index (χ2v) is 6.33. The Kier molecular flexibility index (Phi) is 4.90. The van der Waals surface area contributed by atoms with E-state index in [9.17, 15) is 4.79 Å². The van der Waals surface area contributed by atoms with Crippen molar-refractivity contribution >= 4 is 28.5 Å². The summed E-state index contributed by atoms with van der Waals surface area (Å²) >= 11 is 6.32. The van der Waals surface area contributed by atoms with Crippen molar-refractivity contribution in [3.8, 4) is 0 Å². The number of carbonyl (C=O) groups is 1. The SMILES string of the molecule is Cc1cc2occ(CC(=O)NCCCn3ccnc3)c2c(C)c1Cl. The monoisotopic (exact) mass is 345 g/mol. The first-order chi connectivity index (χ1) is 11.6. The predicted octanol–water partition coefficient (Wildman–Crippen LogP) is 3.65. The molecule has 0 atom stereocenters. The lowest BCUT2D eigenvalue weighted by Crippen LogP contribution is -2.26. The van der Waals surface area contributed by atoms with E-state index in [4.69, 9.17) is 16.0 Å². The molecule has 0 saturated carbocycles. The number of nitrogens with zero attached hydrogens (tertiary/aromatic N) is 2. The summed E-state index contributed by atoms with van der Waals surface area (Å²) in [5.41, 5.74) is 3.59. The van der Waals surface area contributed by atoms with E-state index >= 15 is 0 Å². The van der Waals surface area contributed by atoms with E-state index in [1.54, 1.807) is 18.8 Å². The zero-order valence-corrected chi connectivity index (χ0v) is 14.6. The molecule has 0 aliphatic carbocycles. The molecule has 0 aliphatic rings. The first kappa shape index (κ1) is 16.6. The van der Waals surface area contributed by atoms with Crippen LogP contribution in [0.25, 0.3) is 11.0 Å². The van der Waals surface area contributed by atoms with Gasteiger partial charge in [-0.1, -0.05) is 11.6 Å². The molecule has 6 heteroatoms. The Labute approximate surface area is 145 Å². The normalized spacial score (nSPS) is 11.1. The predicted molar refractivity (Wildman–Crippen MR) is 94.3 cm³/mol. The molecule has 2 aromatic heterocycles. The maximum absolute atomic E-state index is 12.2. The van der Waals surface area contributed by atoms with Gasteiger partial charge in [-0.3, -0.25) is 4.79 Å². The highest BCUT2D eigenvalue weighted by molar-refractivity contribution is 6.33. The smallest absolute Gasteiger partial charge is 0.224 e. The highest BCUT2D eigenvalue weighted by Gasteiger charge is 2.15. The van der Waals surface area contributed by atoms with Gasteiger partial charge in [-0.25, -0.2) is 4.98 Å². The molecule has 0 fully saturated rings. The van der Waals surface area contributed by atoms with E-state index in [0.717, 1.165) is 45.6 Å². The number of hydrogen-bond acceptors (Lipinski definition) is 3. The number of halogens is 1. The summed E-state index contributed by atoms with van der Waals surface area (Å²) in [4.78, 5) is 16.2. The topological polar surface area (TPSA) is 60.1 Å². The molecule has 1 aromatic carbocycles. The van der Waals surface area contributed by atoms with Gasteiger partial charge < -0.3 is 14.3 Å². The summed E-state index contributed by atoms with van der Waals surface area (Å²) in [6, 6.07) is 1.91. The van der Waals surface area contributed by atoms with Gasteiger partial charge in [0.1, 0.15) is 5.58 Å². The van der Waals surface area contributed by atoms with Crippen molar-refractivity contribution < 1.29 is 9.21 Å². The third kappa shape index (κ3) is 3.46. The van der Waals surface area contributed by atoms with Crippen LogP contribution in [0, 0.1) is 13.8 Å². The van der Waals surface area contributed by atoms with Crippen molar-refractivity contribution in [2.45, 2.75) is 33.2 Å². The van der Waals surface area contributed by atoms with Gasteiger partial charge in [-0.05, 0) is 37.5 Å². The van der Waals surface area contributed by atoms with Crippen molar-refractivity contribution in [2.75, 3.05) is 6.54 Å². The molecule has 0 bridgehead atoms. The van der Waals surface area contributed by atoms with Gasteiger partial charge in [-0.2, -0.15) is 0 Å². The van der Waals surface area contributed by atoms with Crippen molar-refractivity contribution in [2.24, 2.45) is 0 Å². The number of fused-ring (bicyclic) bond motifs is 1. The van der Waals surface area contributed by atoms with Crippen molar-refractivity contribution in [3.05, 3.63) is 52.8 Å². The first-order valence-corrected chi connectivity index (χ1v) is 8.32. The lowest BCUT2D eigenvalue weighted by molar-refractivity contribution is -0.120. The molecular formula is C18H20ClN3O2. The van der Waals surface area contributed by atoms with Gasteiger partial charge in [0.05, 0.1) is 19.0 Å². The summed E-state index contributed by atoms with van der Waals surface area (Å²) in [7, 11) is 0. The van der Waals surface area contributed by atoms with Crippen LogP contribution >= 0.6 is 11.6 Å². The minimum atomic E-state index is -0.0144. The largest absolute Gasteiger partial charge is 0.464 e. The number of aromatic nitrogens is 2. The average Bonchev–Trinajstić information content (AvgIpc) is 3.19. The standard InChI is InChI=1S/C18H20ClN3O2/c1-12-8-15-17(13(2)18(12)19)14(10-24-15)9-16(23)21-4-3-6-22-7-5-20-11-22/h5,7-8,10-11H,3-4,6,9H2,1-2H3,(H,21,23). The van der Waals surface area contributed by atoms with Crippen molar-refractivity contribution in [1.82, 2.24) is 14.9 Å². The Hall–Kier alpha value is -2.27. The van der Waals surface area contributed by atoms with E-state index < -0.39 is 0 Å². The molecule has 24 heavy (non-hydrogen) atoms. The summed E-state index contributed by atoms with van der Waals surface area (Å²) in [6.07, 6.45) is 8.23. The molecule has 1 amide bonds. The fourth-order valence-electron chi connectivity index (χ4n) is 2.88. The van der Waals surface area contributed by atoms with Gasteiger partial charge in [0, 0.05) is 41.5 Å². The Morgan fingerprint density at radius 2 is 2.25 bits per heavy atom. The van der Waals surface area contributed by atoms with E-state index in [1.807, 2.05) is 30.7 Å². The number of aryl methyl sites for hydroxylation is 3. The number of carbonyl (C=O) groups excluding carboxylic acids is 1. The number of rotatable bonds is 6. The zero-order chi connectivity index (χ0) is 17.1. The Morgan fingerprint density at radius 3 is 3.00 bits per heavy atom. The molecule has 0 radical (unpaired) electrons. The van der Waals surface area contributed by atoms with Crippen molar-refractivity contribution in [1.29, 1.82) is 0 Å². The Morgan fingerprint density at radius 1 is 1.42 bits per heavy atom. The maximum atomic E-state index is 12.2. The van der Waals surface area contributed by atoms with E-state index in [2.05, 4.69) is 10.3 Å². The Bertz CT molecular complexity index is 853. The fourth-order valence-corrected chi connectivity index (χ4v) is 3.03. The van der Waals surface area contributed by atoms with Gasteiger partial charge in [0.25, 0.3) is 0 Å². The van der Waals surface area contributed by atoms with E-state index in [1.165, 1.54) is 0 Å². The molecule has 5 nitrogen and oxygen atoms in total. The van der Waals surface area contributed by atoms with E-state index in [-0.39, 0.29) is 12.3 Å². The molecule has 1 N–H and O–H groups in total. The number of amides is 1. The summed E-state index contributed by atoms with van der Waals surface area (Å²) in [5, 5.41) is 4.62. The lowest BCUT2D eigenvalue weighted by atomic mass is 10.0. The third-order valence-electron chi connectivity index (χ3n) is 4.12. The minimum Gasteiger partial charge on any atom is -0.464 e. The molecular weight excluding hydrogens is 326 g/mol. The number of furan rings is 1. The third-order valence-corrected chi connectivity index (χ3v) is 4.70.